The minimum atomic E-state index is -3.71. The average molecular weight is 407 g/mol. The smallest absolute Gasteiger partial charge is 0.241 e. The number of aliphatic hydroxyl groups is 1. The van der Waals surface area contributed by atoms with Crippen LogP contribution in [0.2, 0.25) is 0 Å². The molecule has 0 unspecified atom stereocenters. The van der Waals surface area contributed by atoms with Gasteiger partial charge in [-0.05, 0) is 36.4 Å². The van der Waals surface area contributed by atoms with Crippen molar-refractivity contribution in [1.82, 2.24) is 4.72 Å². The van der Waals surface area contributed by atoms with Gasteiger partial charge in [0.1, 0.15) is 25.1 Å². The fourth-order valence-electron chi connectivity index (χ4n) is 2.66. The first kappa shape index (κ1) is 18.1. The molecule has 1 aromatic carbocycles. The van der Waals surface area contributed by atoms with Crippen LogP contribution in [-0.4, -0.2) is 26.7 Å². The quantitative estimate of drug-likeness (QED) is 0.652. The summed E-state index contributed by atoms with van der Waals surface area (Å²) in [7, 11) is -3.71. The Morgan fingerprint density at radius 3 is 2.70 bits per heavy atom. The first-order valence-corrected chi connectivity index (χ1v) is 10.5. The van der Waals surface area contributed by atoms with E-state index in [0.717, 1.165) is 4.88 Å². The number of furan rings is 1. The van der Waals surface area contributed by atoms with E-state index in [9.17, 15) is 13.5 Å². The van der Waals surface area contributed by atoms with Gasteiger partial charge in [0, 0.05) is 22.4 Å². The van der Waals surface area contributed by atoms with Crippen LogP contribution in [0.3, 0.4) is 0 Å². The van der Waals surface area contributed by atoms with E-state index in [4.69, 9.17) is 13.9 Å². The van der Waals surface area contributed by atoms with Gasteiger partial charge < -0.3 is 19.0 Å². The summed E-state index contributed by atoms with van der Waals surface area (Å²) in [6.07, 6.45) is 0.627. The van der Waals surface area contributed by atoms with Crippen molar-refractivity contribution >= 4 is 21.4 Å². The van der Waals surface area contributed by atoms with Crippen LogP contribution in [0, 0.1) is 0 Å². The summed E-state index contributed by atoms with van der Waals surface area (Å²) in [5.41, 5.74) is 0. The molecule has 1 atom stereocenters. The van der Waals surface area contributed by atoms with E-state index in [1.165, 1.54) is 29.7 Å². The van der Waals surface area contributed by atoms with Gasteiger partial charge in [0.25, 0.3) is 0 Å². The molecule has 0 saturated heterocycles. The molecule has 0 amide bonds. The Bertz CT molecular complexity index is 1030. The number of thiophene rings is 1. The molecule has 142 valence electrons. The summed E-state index contributed by atoms with van der Waals surface area (Å²) in [6, 6.07) is 11.5. The second-order valence-corrected chi connectivity index (χ2v) is 8.82. The van der Waals surface area contributed by atoms with Gasteiger partial charge in [0.15, 0.2) is 11.5 Å². The van der Waals surface area contributed by atoms with E-state index >= 15 is 0 Å². The van der Waals surface area contributed by atoms with Gasteiger partial charge in [0.2, 0.25) is 10.0 Å². The highest BCUT2D eigenvalue weighted by molar-refractivity contribution is 7.89. The Kier molecular flexibility index (Phi) is 4.92. The standard InChI is InChI=1S/C18H17NO6S2/c20-18(15-2-1-7-23-15)17-6-3-12(26-17)11-19-27(21,22)13-4-5-14-16(10-13)25-9-8-24-14/h1-7,10,18-20H,8-9,11H2/t18-/m0/s1. The molecule has 2 aromatic heterocycles. The van der Waals surface area contributed by atoms with Crippen LogP contribution in [0.25, 0.3) is 0 Å². The molecule has 9 heteroatoms. The Balaban J connectivity index is 1.45. The van der Waals surface area contributed by atoms with Crippen molar-refractivity contribution in [3.63, 3.8) is 0 Å². The molecule has 4 rings (SSSR count). The minimum Gasteiger partial charge on any atom is -0.486 e. The maximum atomic E-state index is 12.6. The molecule has 3 aromatic rings. The van der Waals surface area contributed by atoms with Crippen molar-refractivity contribution < 1.29 is 27.4 Å². The van der Waals surface area contributed by atoms with Crippen LogP contribution < -0.4 is 14.2 Å². The lowest BCUT2D eigenvalue weighted by Crippen LogP contribution is -2.23. The minimum absolute atomic E-state index is 0.110. The van der Waals surface area contributed by atoms with Gasteiger partial charge in [0.05, 0.1) is 11.2 Å². The van der Waals surface area contributed by atoms with Crippen molar-refractivity contribution in [2.24, 2.45) is 0 Å². The van der Waals surface area contributed by atoms with E-state index in [1.807, 2.05) is 0 Å². The molecule has 0 spiro atoms. The van der Waals surface area contributed by atoms with Crippen molar-refractivity contribution in [2.45, 2.75) is 17.5 Å². The number of aliphatic hydroxyl groups excluding tert-OH is 1. The molecule has 0 aliphatic carbocycles. The number of ether oxygens (including phenoxy) is 2. The molecule has 2 N–H and O–H groups in total. The van der Waals surface area contributed by atoms with Gasteiger partial charge in [-0.2, -0.15) is 0 Å². The number of hydrogen-bond donors (Lipinski definition) is 2. The Morgan fingerprint density at radius 2 is 1.93 bits per heavy atom. The summed E-state index contributed by atoms with van der Waals surface area (Å²) < 4.78 is 43.7. The van der Waals surface area contributed by atoms with E-state index in [2.05, 4.69) is 4.72 Å². The van der Waals surface area contributed by atoms with E-state index in [-0.39, 0.29) is 11.4 Å². The lowest BCUT2D eigenvalue weighted by molar-refractivity contribution is 0.171. The zero-order valence-corrected chi connectivity index (χ0v) is 15.8. The number of benzene rings is 1. The lowest BCUT2D eigenvalue weighted by Gasteiger charge is -2.18. The second-order valence-electron chi connectivity index (χ2n) is 5.85. The van der Waals surface area contributed by atoms with Crippen LogP contribution in [0.4, 0.5) is 0 Å². The number of nitrogens with one attached hydrogen (secondary N) is 1. The lowest BCUT2D eigenvalue weighted by atomic mass is 10.2. The van der Waals surface area contributed by atoms with Gasteiger partial charge >= 0.3 is 0 Å². The molecule has 1 aliphatic rings. The predicted octanol–water partition coefficient (Wildman–Crippen LogP) is 2.67. The predicted molar refractivity (Wildman–Crippen MR) is 98.5 cm³/mol. The van der Waals surface area contributed by atoms with Crippen LogP contribution in [0.5, 0.6) is 11.5 Å². The largest absolute Gasteiger partial charge is 0.486 e. The van der Waals surface area contributed by atoms with Crippen molar-refractivity contribution in [3.05, 3.63) is 64.2 Å². The van der Waals surface area contributed by atoms with Crippen LogP contribution in [0.15, 0.2) is 58.0 Å². The third-order valence-electron chi connectivity index (χ3n) is 4.02. The van der Waals surface area contributed by atoms with Gasteiger partial charge in [-0.15, -0.1) is 11.3 Å². The summed E-state index contributed by atoms with van der Waals surface area (Å²) in [6.45, 7) is 0.953. The van der Waals surface area contributed by atoms with Crippen molar-refractivity contribution in [3.8, 4) is 11.5 Å². The molecule has 0 bridgehead atoms. The number of sulfonamides is 1. The first-order valence-electron chi connectivity index (χ1n) is 8.22. The molecule has 27 heavy (non-hydrogen) atoms. The maximum absolute atomic E-state index is 12.6. The van der Waals surface area contributed by atoms with Gasteiger partial charge in [-0.1, -0.05) is 0 Å². The third-order valence-corrected chi connectivity index (χ3v) is 6.56. The highest BCUT2D eigenvalue weighted by atomic mass is 32.2. The zero-order chi connectivity index (χ0) is 18.9. The van der Waals surface area contributed by atoms with Crippen molar-refractivity contribution in [2.75, 3.05) is 13.2 Å². The molecular weight excluding hydrogens is 390 g/mol. The molecular formula is C18H17NO6S2. The monoisotopic (exact) mass is 407 g/mol. The summed E-state index contributed by atoms with van der Waals surface area (Å²) in [4.78, 5) is 1.56. The maximum Gasteiger partial charge on any atom is 0.241 e. The fourth-order valence-corrected chi connectivity index (χ4v) is 4.72. The Morgan fingerprint density at radius 1 is 1.11 bits per heavy atom. The second kappa shape index (κ2) is 7.35. The molecule has 3 heterocycles. The van der Waals surface area contributed by atoms with Gasteiger partial charge in [-0.25, -0.2) is 13.1 Å². The normalized spacial score (nSPS) is 14.9. The van der Waals surface area contributed by atoms with Crippen molar-refractivity contribution in [1.29, 1.82) is 0 Å². The van der Waals surface area contributed by atoms with Crippen LogP contribution >= 0.6 is 11.3 Å². The van der Waals surface area contributed by atoms with E-state index in [0.29, 0.717) is 35.4 Å². The Hall–Kier alpha value is -2.33. The molecule has 0 saturated carbocycles. The van der Waals surface area contributed by atoms with Gasteiger partial charge in [-0.3, -0.25) is 0 Å². The number of rotatable bonds is 6. The Labute approximate surface area is 160 Å². The number of hydrogen-bond acceptors (Lipinski definition) is 7. The average Bonchev–Trinajstić information content (AvgIpc) is 3.37. The highest BCUT2D eigenvalue weighted by Crippen LogP contribution is 2.32. The van der Waals surface area contributed by atoms with E-state index < -0.39 is 16.1 Å². The first-order chi connectivity index (χ1) is 13.0. The van der Waals surface area contributed by atoms with Crippen LogP contribution in [-0.2, 0) is 16.6 Å². The van der Waals surface area contributed by atoms with Crippen LogP contribution in [0.1, 0.15) is 21.6 Å². The summed E-state index contributed by atoms with van der Waals surface area (Å²) in [5.74, 6) is 1.40. The third kappa shape index (κ3) is 3.86. The molecule has 0 radical (unpaired) electrons. The molecule has 1 aliphatic heterocycles. The summed E-state index contributed by atoms with van der Waals surface area (Å²) >= 11 is 1.32. The topological polar surface area (TPSA) is 98.0 Å². The highest BCUT2D eigenvalue weighted by Gasteiger charge is 2.20. The molecule has 7 nitrogen and oxygen atoms in total. The SMILES string of the molecule is O=S(=O)(NCc1ccc([C@@H](O)c2ccco2)s1)c1ccc2c(c1)OCCO2. The molecule has 0 fully saturated rings. The van der Waals surface area contributed by atoms with E-state index in [1.54, 1.807) is 30.3 Å². The summed E-state index contributed by atoms with van der Waals surface area (Å²) in [5, 5.41) is 10.3. The zero-order valence-electron chi connectivity index (χ0n) is 14.1. The number of fused-ring (bicyclic) bond motifs is 1. The fraction of sp³-hybridized carbons (Fsp3) is 0.222.